The summed E-state index contributed by atoms with van der Waals surface area (Å²) in [6.45, 7) is 9.10. The summed E-state index contributed by atoms with van der Waals surface area (Å²) in [4.78, 5) is 30.4. The zero-order chi connectivity index (χ0) is 20.9. The number of aromatic nitrogens is 2. The van der Waals surface area contributed by atoms with E-state index in [9.17, 15) is 4.79 Å². The van der Waals surface area contributed by atoms with Crippen molar-refractivity contribution in [3.63, 3.8) is 0 Å². The SMILES string of the molecule is Cc1ccccc1/C=C/C(=O)N1CCN(c2cc(N3CCN(C)CC3)ncn2)CC1. The molecule has 0 saturated carbocycles. The van der Waals surface area contributed by atoms with Gasteiger partial charge in [0.05, 0.1) is 0 Å². The van der Waals surface area contributed by atoms with Crippen LogP contribution in [-0.2, 0) is 4.79 Å². The topological polar surface area (TPSA) is 55.8 Å². The van der Waals surface area contributed by atoms with E-state index in [-0.39, 0.29) is 5.91 Å². The smallest absolute Gasteiger partial charge is 0.246 e. The molecule has 0 bridgehead atoms. The normalized spacial score (nSPS) is 18.3. The van der Waals surface area contributed by atoms with Gasteiger partial charge in [0.25, 0.3) is 0 Å². The highest BCUT2D eigenvalue weighted by Crippen LogP contribution is 2.20. The quantitative estimate of drug-likeness (QED) is 0.723. The lowest BCUT2D eigenvalue weighted by atomic mass is 10.1. The molecule has 1 aromatic carbocycles. The number of aryl methyl sites for hydroxylation is 1. The van der Waals surface area contributed by atoms with Crippen LogP contribution in [0.3, 0.4) is 0 Å². The van der Waals surface area contributed by atoms with Crippen LogP contribution in [0.4, 0.5) is 11.6 Å². The van der Waals surface area contributed by atoms with Gasteiger partial charge in [-0.15, -0.1) is 0 Å². The van der Waals surface area contributed by atoms with Crippen molar-refractivity contribution in [1.29, 1.82) is 0 Å². The third-order valence-electron chi connectivity index (χ3n) is 5.97. The highest BCUT2D eigenvalue weighted by molar-refractivity contribution is 5.92. The number of hydrogen-bond donors (Lipinski definition) is 0. The summed E-state index contributed by atoms with van der Waals surface area (Å²) in [6.07, 6.45) is 5.26. The molecule has 2 aliphatic heterocycles. The van der Waals surface area contributed by atoms with Crippen molar-refractivity contribution >= 4 is 23.6 Å². The van der Waals surface area contributed by atoms with E-state index >= 15 is 0 Å². The van der Waals surface area contributed by atoms with E-state index in [0.717, 1.165) is 56.5 Å². The molecule has 0 unspecified atom stereocenters. The van der Waals surface area contributed by atoms with E-state index in [4.69, 9.17) is 0 Å². The molecule has 30 heavy (non-hydrogen) atoms. The Hall–Kier alpha value is -2.93. The van der Waals surface area contributed by atoms with Gasteiger partial charge >= 0.3 is 0 Å². The molecule has 7 heteroatoms. The molecule has 0 radical (unpaired) electrons. The molecule has 0 aliphatic carbocycles. The van der Waals surface area contributed by atoms with Crippen LogP contribution in [0.25, 0.3) is 6.08 Å². The molecule has 0 spiro atoms. The van der Waals surface area contributed by atoms with Gasteiger partial charge in [0.2, 0.25) is 5.91 Å². The number of piperazine rings is 2. The number of nitrogens with zero attached hydrogens (tertiary/aromatic N) is 6. The van der Waals surface area contributed by atoms with Gasteiger partial charge in [-0.25, -0.2) is 9.97 Å². The summed E-state index contributed by atoms with van der Waals surface area (Å²) >= 11 is 0. The molecule has 0 N–H and O–H groups in total. The number of rotatable bonds is 4. The van der Waals surface area contributed by atoms with Crippen molar-refractivity contribution in [2.45, 2.75) is 6.92 Å². The number of carbonyl (C=O) groups excluding carboxylic acids is 1. The van der Waals surface area contributed by atoms with Crippen LogP contribution in [0, 0.1) is 6.92 Å². The number of amides is 1. The first-order chi connectivity index (χ1) is 14.6. The van der Waals surface area contributed by atoms with Gasteiger partial charge in [-0.1, -0.05) is 24.3 Å². The van der Waals surface area contributed by atoms with Gasteiger partial charge in [0.1, 0.15) is 18.0 Å². The minimum atomic E-state index is 0.0683. The fourth-order valence-electron chi connectivity index (χ4n) is 3.91. The van der Waals surface area contributed by atoms with E-state index < -0.39 is 0 Å². The lowest BCUT2D eigenvalue weighted by Gasteiger charge is -2.36. The summed E-state index contributed by atoms with van der Waals surface area (Å²) in [5, 5.41) is 0. The van der Waals surface area contributed by atoms with Crippen molar-refractivity contribution in [2.75, 3.05) is 69.2 Å². The number of carbonyl (C=O) groups is 1. The Bertz CT molecular complexity index is 898. The van der Waals surface area contributed by atoms with Crippen LogP contribution in [-0.4, -0.2) is 85.1 Å². The van der Waals surface area contributed by atoms with Gasteiger partial charge < -0.3 is 19.6 Å². The fourth-order valence-corrected chi connectivity index (χ4v) is 3.91. The van der Waals surface area contributed by atoms with E-state index in [0.29, 0.717) is 13.1 Å². The van der Waals surface area contributed by atoms with Crippen molar-refractivity contribution in [1.82, 2.24) is 19.8 Å². The second kappa shape index (κ2) is 9.26. The molecule has 7 nitrogen and oxygen atoms in total. The standard InChI is InChI=1S/C23H30N6O/c1-19-5-3-4-6-20(19)7-8-23(30)29-15-13-28(14-16-29)22-17-21(24-18-25-22)27-11-9-26(2)10-12-27/h3-8,17-18H,9-16H2,1-2H3/b8-7+. The summed E-state index contributed by atoms with van der Waals surface area (Å²) in [5.74, 6) is 2.01. The minimum Gasteiger partial charge on any atom is -0.354 e. The Morgan fingerprint density at radius 1 is 0.900 bits per heavy atom. The van der Waals surface area contributed by atoms with Crippen LogP contribution >= 0.6 is 0 Å². The Kier molecular flexibility index (Phi) is 6.28. The van der Waals surface area contributed by atoms with Crippen molar-refractivity contribution < 1.29 is 4.79 Å². The average molecular weight is 407 g/mol. The number of likely N-dealkylation sites (N-methyl/N-ethyl adjacent to an activating group) is 1. The average Bonchev–Trinajstić information content (AvgIpc) is 2.79. The zero-order valence-electron chi connectivity index (χ0n) is 17.9. The first-order valence-corrected chi connectivity index (χ1v) is 10.6. The molecule has 1 amide bonds. The Morgan fingerprint density at radius 3 is 2.13 bits per heavy atom. The molecular weight excluding hydrogens is 376 g/mol. The molecule has 1 aromatic heterocycles. The maximum Gasteiger partial charge on any atom is 0.246 e. The third kappa shape index (κ3) is 4.79. The Morgan fingerprint density at radius 2 is 1.50 bits per heavy atom. The van der Waals surface area contributed by atoms with Gasteiger partial charge in [0.15, 0.2) is 0 Å². The van der Waals surface area contributed by atoms with E-state index in [1.165, 1.54) is 5.56 Å². The highest BCUT2D eigenvalue weighted by Gasteiger charge is 2.22. The predicted molar refractivity (Wildman–Crippen MR) is 121 cm³/mol. The molecular formula is C23H30N6O. The Balaban J connectivity index is 1.34. The van der Waals surface area contributed by atoms with Crippen LogP contribution in [0.2, 0.25) is 0 Å². The zero-order valence-corrected chi connectivity index (χ0v) is 17.9. The van der Waals surface area contributed by atoms with E-state index in [2.05, 4.69) is 50.8 Å². The molecule has 2 fully saturated rings. The summed E-state index contributed by atoms with van der Waals surface area (Å²) in [5.41, 5.74) is 2.26. The van der Waals surface area contributed by atoms with Gasteiger partial charge in [-0.05, 0) is 31.2 Å². The maximum atomic E-state index is 12.6. The minimum absolute atomic E-state index is 0.0683. The van der Waals surface area contributed by atoms with Gasteiger partial charge in [-0.3, -0.25) is 4.79 Å². The highest BCUT2D eigenvalue weighted by atomic mass is 16.2. The van der Waals surface area contributed by atoms with Gasteiger partial charge in [-0.2, -0.15) is 0 Å². The monoisotopic (exact) mass is 406 g/mol. The Labute approximate surface area is 178 Å². The molecule has 158 valence electrons. The lowest BCUT2D eigenvalue weighted by molar-refractivity contribution is -0.126. The van der Waals surface area contributed by atoms with E-state index in [1.807, 2.05) is 29.2 Å². The summed E-state index contributed by atoms with van der Waals surface area (Å²) < 4.78 is 0. The third-order valence-corrected chi connectivity index (χ3v) is 5.97. The molecule has 0 atom stereocenters. The maximum absolute atomic E-state index is 12.6. The lowest BCUT2D eigenvalue weighted by Crippen LogP contribution is -2.48. The predicted octanol–water partition coefficient (Wildman–Crippen LogP) is 1.90. The largest absolute Gasteiger partial charge is 0.354 e. The van der Waals surface area contributed by atoms with Crippen LogP contribution in [0.5, 0.6) is 0 Å². The molecule has 3 heterocycles. The summed E-state index contributed by atoms with van der Waals surface area (Å²) in [7, 11) is 2.15. The van der Waals surface area contributed by atoms with Crippen LogP contribution < -0.4 is 9.80 Å². The molecule has 2 saturated heterocycles. The van der Waals surface area contributed by atoms with Gasteiger partial charge in [0, 0.05) is 64.5 Å². The number of anilines is 2. The number of hydrogen-bond acceptors (Lipinski definition) is 6. The van der Waals surface area contributed by atoms with Crippen LogP contribution in [0.1, 0.15) is 11.1 Å². The first-order valence-electron chi connectivity index (χ1n) is 10.6. The summed E-state index contributed by atoms with van der Waals surface area (Å²) in [6, 6.07) is 10.2. The van der Waals surface area contributed by atoms with Crippen molar-refractivity contribution in [3.8, 4) is 0 Å². The molecule has 2 aliphatic rings. The van der Waals surface area contributed by atoms with E-state index in [1.54, 1.807) is 12.4 Å². The second-order valence-electron chi connectivity index (χ2n) is 8.03. The molecule has 2 aromatic rings. The van der Waals surface area contributed by atoms with Crippen LogP contribution in [0.15, 0.2) is 42.7 Å². The second-order valence-corrected chi connectivity index (χ2v) is 8.03. The van der Waals surface area contributed by atoms with Crippen molar-refractivity contribution in [3.05, 3.63) is 53.9 Å². The number of benzene rings is 1. The first kappa shape index (κ1) is 20.3. The van der Waals surface area contributed by atoms with Crippen molar-refractivity contribution in [2.24, 2.45) is 0 Å². The fraction of sp³-hybridized carbons (Fsp3) is 0.435. The molecule has 4 rings (SSSR count).